The Morgan fingerprint density at radius 2 is 2.00 bits per heavy atom. The maximum absolute atomic E-state index is 5.77. The summed E-state index contributed by atoms with van der Waals surface area (Å²) in [6.45, 7) is 4.16. The molecule has 0 aliphatic heterocycles. The van der Waals surface area contributed by atoms with Crippen LogP contribution in [-0.4, -0.2) is 4.98 Å². The van der Waals surface area contributed by atoms with Gasteiger partial charge in [0.25, 0.3) is 0 Å². The van der Waals surface area contributed by atoms with Gasteiger partial charge < -0.3 is 11.5 Å². The van der Waals surface area contributed by atoms with Crippen molar-refractivity contribution in [1.29, 1.82) is 0 Å². The van der Waals surface area contributed by atoms with Crippen molar-refractivity contribution >= 4 is 11.4 Å². The van der Waals surface area contributed by atoms with Gasteiger partial charge in [0.2, 0.25) is 0 Å². The molecule has 0 spiro atoms. The first-order valence-corrected chi connectivity index (χ1v) is 4.72. The summed E-state index contributed by atoms with van der Waals surface area (Å²) < 4.78 is 0. The van der Waals surface area contributed by atoms with Crippen LogP contribution < -0.4 is 11.5 Å². The Labute approximate surface area is 79.2 Å². The second-order valence-electron chi connectivity index (χ2n) is 3.17. The van der Waals surface area contributed by atoms with Crippen molar-refractivity contribution in [3.05, 3.63) is 17.5 Å². The van der Waals surface area contributed by atoms with E-state index in [1.54, 1.807) is 0 Å². The second-order valence-corrected chi connectivity index (χ2v) is 3.17. The van der Waals surface area contributed by atoms with Crippen LogP contribution in [0.4, 0.5) is 11.4 Å². The van der Waals surface area contributed by atoms with Crippen molar-refractivity contribution < 1.29 is 0 Å². The Balaban J connectivity index is 3.06. The lowest BCUT2D eigenvalue weighted by Crippen LogP contribution is -2.04. The quantitative estimate of drug-likeness (QED) is 0.743. The first kappa shape index (κ1) is 9.84. The molecule has 0 unspecified atom stereocenters. The van der Waals surface area contributed by atoms with Crippen molar-refractivity contribution in [1.82, 2.24) is 4.98 Å². The molecule has 0 radical (unpaired) electrons. The van der Waals surface area contributed by atoms with Crippen molar-refractivity contribution in [2.24, 2.45) is 0 Å². The van der Waals surface area contributed by atoms with E-state index < -0.39 is 0 Å². The van der Waals surface area contributed by atoms with E-state index in [2.05, 4.69) is 11.9 Å². The molecule has 72 valence electrons. The Bertz CT molecular complexity index is 294. The highest BCUT2D eigenvalue weighted by molar-refractivity contribution is 5.66. The fraction of sp³-hybridized carbons (Fsp3) is 0.500. The smallest absolute Gasteiger partial charge is 0.0766 e. The van der Waals surface area contributed by atoms with E-state index in [0.29, 0.717) is 11.4 Å². The summed E-state index contributed by atoms with van der Waals surface area (Å²) in [7, 11) is 0. The molecular weight excluding hydrogens is 162 g/mol. The molecule has 0 aliphatic carbocycles. The number of aromatic nitrogens is 1. The van der Waals surface area contributed by atoms with E-state index >= 15 is 0 Å². The fourth-order valence-corrected chi connectivity index (χ4v) is 1.34. The van der Waals surface area contributed by atoms with E-state index in [0.717, 1.165) is 30.7 Å². The van der Waals surface area contributed by atoms with Gasteiger partial charge in [-0.05, 0) is 18.9 Å². The molecule has 0 fully saturated rings. The monoisotopic (exact) mass is 179 g/mol. The minimum Gasteiger partial charge on any atom is -0.397 e. The lowest BCUT2D eigenvalue weighted by atomic mass is 10.1. The third-order valence-corrected chi connectivity index (χ3v) is 2.06. The van der Waals surface area contributed by atoms with Gasteiger partial charge in [0.15, 0.2) is 0 Å². The topological polar surface area (TPSA) is 64.9 Å². The molecule has 0 atom stereocenters. The minimum absolute atomic E-state index is 0.641. The number of pyridine rings is 1. The van der Waals surface area contributed by atoms with Gasteiger partial charge in [0.1, 0.15) is 0 Å². The molecule has 13 heavy (non-hydrogen) atoms. The highest BCUT2D eigenvalue weighted by Crippen LogP contribution is 2.20. The zero-order valence-electron chi connectivity index (χ0n) is 8.30. The van der Waals surface area contributed by atoms with Crippen LogP contribution in [0.3, 0.4) is 0 Å². The van der Waals surface area contributed by atoms with Gasteiger partial charge in [-0.1, -0.05) is 20.3 Å². The van der Waals surface area contributed by atoms with Crippen LogP contribution in [0.15, 0.2) is 6.07 Å². The van der Waals surface area contributed by atoms with Crippen molar-refractivity contribution in [2.45, 2.75) is 33.1 Å². The summed E-state index contributed by atoms with van der Waals surface area (Å²) in [4.78, 5) is 4.44. The number of nitrogens with zero attached hydrogens (tertiary/aromatic N) is 1. The summed E-state index contributed by atoms with van der Waals surface area (Å²) in [5.74, 6) is 0. The minimum atomic E-state index is 0.641. The van der Waals surface area contributed by atoms with Crippen LogP contribution in [-0.2, 0) is 12.8 Å². The molecule has 1 heterocycles. The average Bonchev–Trinajstić information content (AvgIpc) is 2.11. The van der Waals surface area contributed by atoms with Crippen LogP contribution in [0.5, 0.6) is 0 Å². The number of hydrogen-bond donors (Lipinski definition) is 2. The predicted octanol–water partition coefficient (Wildman–Crippen LogP) is 1.76. The third kappa shape index (κ3) is 2.11. The van der Waals surface area contributed by atoms with Crippen LogP contribution in [0, 0.1) is 0 Å². The molecule has 0 aromatic carbocycles. The molecule has 0 aliphatic rings. The van der Waals surface area contributed by atoms with Crippen LogP contribution in [0.25, 0.3) is 0 Å². The highest BCUT2D eigenvalue weighted by Gasteiger charge is 2.05. The van der Waals surface area contributed by atoms with Crippen LogP contribution in [0.2, 0.25) is 0 Å². The van der Waals surface area contributed by atoms with E-state index in [-0.39, 0.29) is 0 Å². The normalized spacial score (nSPS) is 10.3. The predicted molar refractivity (Wildman–Crippen MR) is 56.4 cm³/mol. The van der Waals surface area contributed by atoms with Crippen molar-refractivity contribution in [3.63, 3.8) is 0 Å². The van der Waals surface area contributed by atoms with Gasteiger partial charge in [-0.2, -0.15) is 0 Å². The first-order chi connectivity index (χ1) is 6.19. The van der Waals surface area contributed by atoms with Gasteiger partial charge in [0, 0.05) is 5.69 Å². The fourth-order valence-electron chi connectivity index (χ4n) is 1.34. The molecule has 0 saturated carbocycles. The van der Waals surface area contributed by atoms with Gasteiger partial charge in [0.05, 0.1) is 17.1 Å². The van der Waals surface area contributed by atoms with Crippen LogP contribution >= 0.6 is 0 Å². The van der Waals surface area contributed by atoms with Gasteiger partial charge in [-0.15, -0.1) is 0 Å². The zero-order chi connectivity index (χ0) is 9.84. The molecule has 0 bridgehead atoms. The summed E-state index contributed by atoms with van der Waals surface area (Å²) in [6.07, 6.45) is 2.89. The number of nitrogen functional groups attached to an aromatic ring is 2. The van der Waals surface area contributed by atoms with Gasteiger partial charge >= 0.3 is 0 Å². The number of aryl methyl sites for hydroxylation is 2. The summed E-state index contributed by atoms with van der Waals surface area (Å²) in [5.41, 5.74) is 14.8. The van der Waals surface area contributed by atoms with Crippen molar-refractivity contribution in [3.8, 4) is 0 Å². The summed E-state index contributed by atoms with van der Waals surface area (Å²) in [6, 6.07) is 1.87. The lowest BCUT2D eigenvalue weighted by Gasteiger charge is -2.08. The first-order valence-electron chi connectivity index (χ1n) is 4.72. The van der Waals surface area contributed by atoms with Crippen molar-refractivity contribution in [2.75, 3.05) is 11.5 Å². The van der Waals surface area contributed by atoms with E-state index in [4.69, 9.17) is 11.5 Å². The number of rotatable bonds is 3. The molecule has 4 N–H and O–H groups in total. The van der Waals surface area contributed by atoms with Gasteiger partial charge in [-0.25, -0.2) is 0 Å². The second kappa shape index (κ2) is 4.12. The molecule has 0 amide bonds. The average molecular weight is 179 g/mol. The zero-order valence-corrected chi connectivity index (χ0v) is 8.30. The standard InChI is InChI=1S/C10H17N3/c1-3-5-7-6-8(11)10(12)9(4-2)13-7/h6H,3-5,12H2,1-2H3,(H2,11,13). The van der Waals surface area contributed by atoms with E-state index in [9.17, 15) is 0 Å². The number of nitrogens with two attached hydrogens (primary N) is 2. The molecule has 1 aromatic rings. The summed E-state index contributed by atoms with van der Waals surface area (Å²) in [5, 5.41) is 0. The molecule has 3 heteroatoms. The van der Waals surface area contributed by atoms with Gasteiger partial charge in [-0.3, -0.25) is 4.98 Å². The molecular formula is C10H17N3. The highest BCUT2D eigenvalue weighted by atomic mass is 14.8. The lowest BCUT2D eigenvalue weighted by molar-refractivity contribution is 0.865. The number of hydrogen-bond acceptors (Lipinski definition) is 3. The number of anilines is 2. The molecule has 0 saturated heterocycles. The maximum Gasteiger partial charge on any atom is 0.0766 e. The van der Waals surface area contributed by atoms with E-state index in [1.165, 1.54) is 0 Å². The Morgan fingerprint density at radius 3 is 2.54 bits per heavy atom. The molecule has 3 nitrogen and oxygen atoms in total. The Morgan fingerprint density at radius 1 is 1.31 bits per heavy atom. The largest absolute Gasteiger partial charge is 0.397 e. The van der Waals surface area contributed by atoms with Crippen LogP contribution in [0.1, 0.15) is 31.7 Å². The Hall–Kier alpha value is -1.25. The SMILES string of the molecule is CCCc1cc(N)c(N)c(CC)n1. The van der Waals surface area contributed by atoms with E-state index in [1.807, 2.05) is 13.0 Å². The Kier molecular flexibility index (Phi) is 3.12. The third-order valence-electron chi connectivity index (χ3n) is 2.06. The summed E-state index contributed by atoms with van der Waals surface area (Å²) >= 11 is 0. The molecule has 1 aromatic heterocycles. The molecule has 1 rings (SSSR count). The maximum atomic E-state index is 5.77.